The lowest BCUT2D eigenvalue weighted by atomic mass is 10.2. The van der Waals surface area contributed by atoms with Gasteiger partial charge in [-0.3, -0.25) is 4.79 Å². The van der Waals surface area contributed by atoms with Crippen LogP contribution in [-0.4, -0.2) is 12.9 Å². The maximum Gasteiger partial charge on any atom is 0.153 e. The average Bonchev–Trinajstić information content (AvgIpc) is 2.20. The van der Waals surface area contributed by atoms with Crippen molar-refractivity contribution >= 4 is 33.8 Å². The highest BCUT2D eigenvalue weighted by atomic mass is 79.9. The third-order valence-electron chi connectivity index (χ3n) is 1.52. The van der Waals surface area contributed by atoms with E-state index >= 15 is 0 Å². The van der Waals surface area contributed by atoms with Crippen molar-refractivity contribution in [2.75, 3.05) is 6.61 Å². The highest BCUT2D eigenvalue weighted by Crippen LogP contribution is 2.21. The molecule has 0 aliphatic heterocycles. The summed E-state index contributed by atoms with van der Waals surface area (Å²) in [6, 6.07) is 5.25. The minimum absolute atomic E-state index is 0.353. The Morgan fingerprint density at radius 1 is 1.50 bits per heavy atom. The number of hydrogen-bond donors (Lipinski definition) is 0. The second kappa shape index (κ2) is 5.83. The Kier molecular flexibility index (Phi) is 4.70. The monoisotopic (exact) mass is 274 g/mol. The van der Waals surface area contributed by atoms with Gasteiger partial charge in [-0.1, -0.05) is 27.5 Å². The van der Waals surface area contributed by atoms with E-state index in [1.807, 2.05) is 6.07 Å². The van der Waals surface area contributed by atoms with Gasteiger partial charge < -0.3 is 4.74 Å². The summed E-state index contributed by atoms with van der Waals surface area (Å²) in [5, 5.41) is 0. The Bertz CT molecular complexity index is 350. The van der Waals surface area contributed by atoms with Crippen molar-refractivity contribution in [1.29, 1.82) is 0 Å². The van der Waals surface area contributed by atoms with Crippen molar-refractivity contribution in [1.82, 2.24) is 0 Å². The molecule has 0 unspecified atom stereocenters. The van der Waals surface area contributed by atoms with Crippen LogP contribution < -0.4 is 4.74 Å². The summed E-state index contributed by atoms with van der Waals surface area (Å²) >= 11 is 8.60. The molecule has 0 N–H and O–H groups in total. The molecule has 0 bridgehead atoms. The molecule has 1 aromatic carbocycles. The van der Waals surface area contributed by atoms with Crippen LogP contribution in [0.15, 0.2) is 34.3 Å². The fourth-order valence-corrected chi connectivity index (χ4v) is 1.37. The maximum atomic E-state index is 10.7. The molecule has 0 saturated heterocycles. The summed E-state index contributed by atoms with van der Waals surface area (Å²) in [5.41, 5.74) is 1.89. The zero-order chi connectivity index (χ0) is 10.4. The summed E-state index contributed by atoms with van der Waals surface area (Å²) in [5.74, 6) is 0.554. The van der Waals surface area contributed by atoms with E-state index in [4.69, 9.17) is 16.3 Å². The van der Waals surface area contributed by atoms with Gasteiger partial charge in [0, 0.05) is 10.0 Å². The second-order valence-electron chi connectivity index (χ2n) is 2.47. The van der Waals surface area contributed by atoms with E-state index in [0.717, 1.165) is 10.8 Å². The number of ether oxygens (including phenoxy) is 1. The molecule has 0 amide bonds. The molecule has 74 valence electrons. The number of benzene rings is 1. The molecular weight excluding hydrogens is 267 g/mol. The normalized spacial score (nSPS) is 10.4. The molecule has 14 heavy (non-hydrogen) atoms. The molecular formula is C10H8BrClO2. The van der Waals surface area contributed by atoms with Gasteiger partial charge >= 0.3 is 0 Å². The Balaban J connectivity index is 2.80. The van der Waals surface area contributed by atoms with E-state index in [1.54, 1.807) is 18.2 Å². The van der Waals surface area contributed by atoms with Crippen molar-refractivity contribution < 1.29 is 9.53 Å². The van der Waals surface area contributed by atoms with Crippen LogP contribution in [0.5, 0.6) is 5.75 Å². The SMILES string of the molecule is O=Cc1cc(Br)ccc1OC/C=C/Cl. The quantitative estimate of drug-likeness (QED) is 0.787. The Hall–Kier alpha value is -0.800. The van der Waals surface area contributed by atoms with Crippen LogP contribution >= 0.6 is 27.5 Å². The lowest BCUT2D eigenvalue weighted by Crippen LogP contribution is -1.96. The molecule has 2 nitrogen and oxygen atoms in total. The van der Waals surface area contributed by atoms with Crippen molar-refractivity contribution in [2.24, 2.45) is 0 Å². The summed E-state index contributed by atoms with van der Waals surface area (Å²) in [6.07, 6.45) is 2.41. The average molecular weight is 276 g/mol. The summed E-state index contributed by atoms with van der Waals surface area (Å²) in [7, 11) is 0. The van der Waals surface area contributed by atoms with E-state index in [2.05, 4.69) is 15.9 Å². The predicted molar refractivity (Wildman–Crippen MR) is 60.0 cm³/mol. The topological polar surface area (TPSA) is 26.3 Å². The minimum atomic E-state index is 0.353. The van der Waals surface area contributed by atoms with Crippen LogP contribution in [0.4, 0.5) is 0 Å². The van der Waals surface area contributed by atoms with Gasteiger partial charge in [0.2, 0.25) is 0 Å². The number of hydrogen-bond acceptors (Lipinski definition) is 2. The Morgan fingerprint density at radius 3 is 2.93 bits per heavy atom. The van der Waals surface area contributed by atoms with Gasteiger partial charge in [-0.05, 0) is 24.3 Å². The molecule has 0 spiro atoms. The molecule has 0 saturated carbocycles. The van der Waals surface area contributed by atoms with Crippen LogP contribution in [0.25, 0.3) is 0 Å². The second-order valence-corrected chi connectivity index (χ2v) is 3.64. The molecule has 0 aromatic heterocycles. The molecule has 0 radical (unpaired) electrons. The van der Waals surface area contributed by atoms with E-state index in [-0.39, 0.29) is 0 Å². The highest BCUT2D eigenvalue weighted by Gasteiger charge is 2.02. The molecule has 4 heteroatoms. The smallest absolute Gasteiger partial charge is 0.153 e. The summed E-state index contributed by atoms with van der Waals surface area (Å²) in [6.45, 7) is 0.353. The zero-order valence-electron chi connectivity index (χ0n) is 7.24. The van der Waals surface area contributed by atoms with E-state index in [0.29, 0.717) is 17.9 Å². The maximum absolute atomic E-state index is 10.7. The first-order valence-corrected chi connectivity index (χ1v) is 5.13. The Morgan fingerprint density at radius 2 is 2.29 bits per heavy atom. The van der Waals surface area contributed by atoms with Gasteiger partial charge in [0.15, 0.2) is 6.29 Å². The van der Waals surface area contributed by atoms with E-state index in [9.17, 15) is 4.79 Å². The fourth-order valence-electron chi connectivity index (χ4n) is 0.917. The molecule has 0 aliphatic rings. The first kappa shape index (κ1) is 11.3. The molecule has 0 fully saturated rings. The van der Waals surface area contributed by atoms with Crippen LogP contribution in [0.1, 0.15) is 10.4 Å². The number of halogens is 2. The third kappa shape index (κ3) is 3.16. The van der Waals surface area contributed by atoms with Crippen LogP contribution in [-0.2, 0) is 0 Å². The Labute approximate surface area is 95.6 Å². The first-order valence-electron chi connectivity index (χ1n) is 3.90. The molecule has 1 rings (SSSR count). The molecule has 0 heterocycles. The van der Waals surface area contributed by atoms with E-state index < -0.39 is 0 Å². The number of carbonyl (C=O) groups excluding carboxylic acids is 1. The number of rotatable bonds is 4. The van der Waals surface area contributed by atoms with E-state index in [1.165, 1.54) is 5.54 Å². The van der Waals surface area contributed by atoms with Crippen molar-refractivity contribution in [3.05, 3.63) is 39.8 Å². The van der Waals surface area contributed by atoms with Crippen LogP contribution in [0.3, 0.4) is 0 Å². The van der Waals surface area contributed by atoms with Crippen LogP contribution in [0, 0.1) is 0 Å². The van der Waals surface area contributed by atoms with Crippen LogP contribution in [0.2, 0.25) is 0 Å². The summed E-state index contributed by atoms with van der Waals surface area (Å²) < 4.78 is 6.15. The predicted octanol–water partition coefficient (Wildman–Crippen LogP) is 3.39. The van der Waals surface area contributed by atoms with Crippen molar-refractivity contribution in [3.63, 3.8) is 0 Å². The summed E-state index contributed by atoms with van der Waals surface area (Å²) in [4.78, 5) is 10.7. The standard InChI is InChI=1S/C10H8BrClO2/c11-9-2-3-10(8(6-9)7-13)14-5-1-4-12/h1-4,6-7H,5H2/b4-1+. The lowest BCUT2D eigenvalue weighted by Gasteiger charge is -2.05. The molecule has 0 aliphatic carbocycles. The number of carbonyl (C=O) groups is 1. The van der Waals surface area contributed by atoms with Gasteiger partial charge in [-0.2, -0.15) is 0 Å². The lowest BCUT2D eigenvalue weighted by molar-refractivity contribution is 0.112. The fraction of sp³-hybridized carbons (Fsp3) is 0.100. The highest BCUT2D eigenvalue weighted by molar-refractivity contribution is 9.10. The third-order valence-corrected chi connectivity index (χ3v) is 2.19. The van der Waals surface area contributed by atoms with Gasteiger partial charge in [-0.25, -0.2) is 0 Å². The van der Waals surface area contributed by atoms with Gasteiger partial charge in [0.1, 0.15) is 12.4 Å². The van der Waals surface area contributed by atoms with Crippen molar-refractivity contribution in [2.45, 2.75) is 0 Å². The molecule has 1 aromatic rings. The van der Waals surface area contributed by atoms with Crippen molar-refractivity contribution in [3.8, 4) is 5.75 Å². The van der Waals surface area contributed by atoms with Gasteiger partial charge in [-0.15, -0.1) is 0 Å². The zero-order valence-corrected chi connectivity index (χ0v) is 9.59. The van der Waals surface area contributed by atoms with Gasteiger partial charge in [0.05, 0.1) is 5.56 Å². The minimum Gasteiger partial charge on any atom is -0.489 e. The largest absolute Gasteiger partial charge is 0.489 e. The first-order chi connectivity index (χ1) is 6.77. The molecule has 0 atom stereocenters. The van der Waals surface area contributed by atoms with Gasteiger partial charge in [0.25, 0.3) is 0 Å². The number of aldehydes is 1.